The van der Waals surface area contributed by atoms with Crippen molar-refractivity contribution in [2.24, 2.45) is 0 Å². The van der Waals surface area contributed by atoms with Gasteiger partial charge in [-0.1, -0.05) is 12.1 Å². The number of nitrogens with one attached hydrogen (secondary N) is 1. The molecule has 4 aromatic rings. The molecule has 2 heterocycles. The molecule has 1 N–H and O–H groups in total. The number of fused-ring (bicyclic) bond motifs is 2. The van der Waals surface area contributed by atoms with Crippen LogP contribution in [0.2, 0.25) is 0 Å². The maximum atomic E-state index is 12.9. The second kappa shape index (κ2) is 9.58. The summed E-state index contributed by atoms with van der Waals surface area (Å²) in [6.07, 6.45) is 11.1. The molecule has 35 heavy (non-hydrogen) atoms. The van der Waals surface area contributed by atoms with E-state index in [9.17, 15) is 4.79 Å². The highest BCUT2D eigenvalue weighted by molar-refractivity contribution is 8.32. The number of amides is 1. The third-order valence-electron chi connectivity index (χ3n) is 6.14. The number of carbonyl (C=O) groups is 1. The summed E-state index contributed by atoms with van der Waals surface area (Å²) in [6, 6.07) is 20.3. The zero-order chi connectivity index (χ0) is 24.4. The standard InChI is InChI=1S/C28H30N4O2S/c1-35(2,3)23-9-5-20(6-10-23)19-31-28(33)21-7-12-26-27(17-21)34-16-4-15-32(26)22-8-11-24-25(18-22)30-14-13-29-24/h5-14,17-18H,4,15-16,19H2,1-3H3,(H,31,33). The maximum absolute atomic E-state index is 12.9. The first-order chi connectivity index (χ1) is 16.9. The minimum Gasteiger partial charge on any atom is -0.491 e. The van der Waals surface area contributed by atoms with Crippen LogP contribution >= 0.6 is 10.0 Å². The zero-order valence-corrected chi connectivity index (χ0v) is 21.1. The Morgan fingerprint density at radius 3 is 2.51 bits per heavy atom. The molecule has 0 saturated carbocycles. The summed E-state index contributed by atoms with van der Waals surface area (Å²) in [6.45, 7) is 1.90. The monoisotopic (exact) mass is 486 g/mol. The van der Waals surface area contributed by atoms with Crippen molar-refractivity contribution in [3.63, 3.8) is 0 Å². The van der Waals surface area contributed by atoms with Gasteiger partial charge >= 0.3 is 0 Å². The Hall–Kier alpha value is -3.58. The van der Waals surface area contributed by atoms with Crippen LogP contribution in [0.1, 0.15) is 22.3 Å². The van der Waals surface area contributed by atoms with E-state index in [1.807, 2.05) is 30.3 Å². The second-order valence-corrected chi connectivity index (χ2v) is 13.6. The van der Waals surface area contributed by atoms with Crippen molar-refractivity contribution in [1.29, 1.82) is 0 Å². The fraction of sp³-hybridized carbons (Fsp3) is 0.250. The van der Waals surface area contributed by atoms with Gasteiger partial charge in [0.25, 0.3) is 5.91 Å². The van der Waals surface area contributed by atoms with Crippen LogP contribution in [0.3, 0.4) is 0 Å². The van der Waals surface area contributed by atoms with Crippen molar-refractivity contribution in [2.75, 3.05) is 36.8 Å². The molecule has 0 unspecified atom stereocenters. The number of hydrogen-bond acceptors (Lipinski definition) is 5. The highest BCUT2D eigenvalue weighted by Crippen LogP contribution is 2.44. The number of aromatic nitrogens is 2. The van der Waals surface area contributed by atoms with E-state index in [1.54, 1.807) is 12.4 Å². The highest BCUT2D eigenvalue weighted by Gasteiger charge is 2.20. The summed E-state index contributed by atoms with van der Waals surface area (Å²) in [4.78, 5) is 25.3. The lowest BCUT2D eigenvalue weighted by Gasteiger charge is -2.25. The van der Waals surface area contributed by atoms with Crippen LogP contribution in [-0.2, 0) is 6.54 Å². The molecule has 1 aliphatic heterocycles. The largest absolute Gasteiger partial charge is 0.491 e. The molecule has 0 spiro atoms. The maximum Gasteiger partial charge on any atom is 0.251 e. The van der Waals surface area contributed by atoms with E-state index in [-0.39, 0.29) is 5.91 Å². The predicted octanol–water partition coefficient (Wildman–Crippen LogP) is 5.53. The van der Waals surface area contributed by atoms with Gasteiger partial charge in [0.15, 0.2) is 0 Å². The molecule has 0 fully saturated rings. The molecule has 0 bridgehead atoms. The van der Waals surface area contributed by atoms with Gasteiger partial charge in [-0.25, -0.2) is 10.0 Å². The second-order valence-electron chi connectivity index (χ2n) is 9.43. The molecule has 3 aromatic carbocycles. The quantitative estimate of drug-likeness (QED) is 0.402. The van der Waals surface area contributed by atoms with Gasteiger partial charge in [-0.05, 0) is 84.2 Å². The molecule has 1 aromatic heterocycles. The average molecular weight is 487 g/mol. The number of carbonyl (C=O) groups excluding carboxylic acids is 1. The van der Waals surface area contributed by atoms with Gasteiger partial charge in [-0.2, -0.15) is 0 Å². The molecule has 180 valence electrons. The van der Waals surface area contributed by atoms with E-state index in [1.165, 1.54) is 4.90 Å². The topological polar surface area (TPSA) is 67.3 Å². The van der Waals surface area contributed by atoms with Gasteiger partial charge in [0.2, 0.25) is 0 Å². The SMILES string of the molecule is CS(C)(C)c1ccc(CNC(=O)c2ccc3c(c2)OCCCN3c2ccc3nccnc3c2)cc1. The number of anilines is 2. The van der Waals surface area contributed by atoms with Crippen LogP contribution in [0.15, 0.2) is 78.0 Å². The van der Waals surface area contributed by atoms with Crippen molar-refractivity contribution in [3.8, 4) is 5.75 Å². The van der Waals surface area contributed by atoms with Gasteiger partial charge in [0.05, 0.1) is 23.3 Å². The van der Waals surface area contributed by atoms with E-state index in [2.05, 4.69) is 69.3 Å². The molecule has 0 saturated heterocycles. The Morgan fingerprint density at radius 1 is 0.971 bits per heavy atom. The molecule has 0 aliphatic carbocycles. The number of benzene rings is 3. The number of ether oxygens (including phenoxy) is 1. The highest BCUT2D eigenvalue weighted by atomic mass is 32.3. The van der Waals surface area contributed by atoms with Crippen molar-refractivity contribution in [1.82, 2.24) is 15.3 Å². The van der Waals surface area contributed by atoms with Gasteiger partial charge in [0.1, 0.15) is 5.75 Å². The zero-order valence-electron chi connectivity index (χ0n) is 20.3. The Balaban J connectivity index is 1.34. The van der Waals surface area contributed by atoms with Crippen molar-refractivity contribution in [2.45, 2.75) is 17.9 Å². The van der Waals surface area contributed by atoms with Crippen LogP contribution in [-0.4, -0.2) is 47.8 Å². The predicted molar refractivity (Wildman–Crippen MR) is 144 cm³/mol. The summed E-state index contributed by atoms with van der Waals surface area (Å²) in [5.74, 6) is 0.602. The van der Waals surface area contributed by atoms with E-state index in [4.69, 9.17) is 4.74 Å². The van der Waals surface area contributed by atoms with Crippen molar-refractivity contribution >= 4 is 38.3 Å². The molecular formula is C28H30N4O2S. The lowest BCUT2D eigenvalue weighted by molar-refractivity contribution is 0.0950. The fourth-order valence-corrected chi connectivity index (χ4v) is 5.16. The van der Waals surface area contributed by atoms with Crippen LogP contribution < -0.4 is 15.0 Å². The summed E-state index contributed by atoms with van der Waals surface area (Å²) in [7, 11) is -0.753. The molecule has 7 heteroatoms. The van der Waals surface area contributed by atoms with E-state index < -0.39 is 10.0 Å². The number of nitrogens with zero attached hydrogens (tertiary/aromatic N) is 3. The van der Waals surface area contributed by atoms with Gasteiger partial charge < -0.3 is 15.0 Å². The Labute approximate surface area is 207 Å². The van der Waals surface area contributed by atoms with Crippen molar-refractivity contribution < 1.29 is 9.53 Å². The number of hydrogen-bond donors (Lipinski definition) is 1. The van der Waals surface area contributed by atoms with Crippen LogP contribution in [0.5, 0.6) is 5.75 Å². The average Bonchev–Trinajstić information content (AvgIpc) is 3.08. The first-order valence-corrected chi connectivity index (χ1v) is 14.5. The molecule has 0 radical (unpaired) electrons. The summed E-state index contributed by atoms with van der Waals surface area (Å²) < 4.78 is 6.04. The lowest BCUT2D eigenvalue weighted by atomic mass is 10.1. The molecule has 6 nitrogen and oxygen atoms in total. The number of rotatable bonds is 5. The lowest BCUT2D eigenvalue weighted by Crippen LogP contribution is -2.23. The summed E-state index contributed by atoms with van der Waals surface area (Å²) >= 11 is 0. The van der Waals surface area contributed by atoms with E-state index in [0.29, 0.717) is 24.5 Å². The van der Waals surface area contributed by atoms with Crippen LogP contribution in [0, 0.1) is 0 Å². The van der Waals surface area contributed by atoms with Gasteiger partial charge in [-0.3, -0.25) is 14.8 Å². The Bertz CT molecular complexity index is 1370. The minimum atomic E-state index is -0.753. The van der Waals surface area contributed by atoms with E-state index in [0.717, 1.165) is 40.9 Å². The van der Waals surface area contributed by atoms with E-state index >= 15 is 0 Å². The Morgan fingerprint density at radius 2 is 1.74 bits per heavy atom. The smallest absolute Gasteiger partial charge is 0.251 e. The van der Waals surface area contributed by atoms with Gasteiger partial charge in [-0.15, -0.1) is 0 Å². The normalized spacial score (nSPS) is 14.1. The molecule has 1 amide bonds. The first kappa shape index (κ1) is 23.2. The summed E-state index contributed by atoms with van der Waals surface area (Å²) in [5, 5.41) is 3.04. The Kier molecular flexibility index (Phi) is 6.34. The molecule has 0 atom stereocenters. The fourth-order valence-electron chi connectivity index (χ4n) is 4.21. The van der Waals surface area contributed by atoms with Crippen LogP contribution in [0.4, 0.5) is 11.4 Å². The van der Waals surface area contributed by atoms with Crippen LogP contribution in [0.25, 0.3) is 11.0 Å². The van der Waals surface area contributed by atoms with Gasteiger partial charge in [0, 0.05) is 36.7 Å². The molecular weight excluding hydrogens is 456 g/mol. The molecule has 1 aliphatic rings. The summed E-state index contributed by atoms with van der Waals surface area (Å²) in [5.41, 5.74) is 5.37. The minimum absolute atomic E-state index is 0.112. The molecule has 5 rings (SSSR count). The van der Waals surface area contributed by atoms with Crippen molar-refractivity contribution in [3.05, 3.63) is 84.2 Å². The first-order valence-electron chi connectivity index (χ1n) is 11.7. The third kappa shape index (κ3) is 5.10. The third-order valence-corrected chi connectivity index (χ3v) is 7.83.